The highest BCUT2D eigenvalue weighted by atomic mass is 16.4. The number of hydrogen-bond acceptors (Lipinski definition) is 4. The van der Waals surface area contributed by atoms with E-state index in [9.17, 15) is 4.79 Å². The zero-order valence-corrected chi connectivity index (χ0v) is 15.7. The van der Waals surface area contributed by atoms with Gasteiger partial charge in [-0.1, -0.05) is 34.9 Å². The van der Waals surface area contributed by atoms with E-state index in [1.54, 1.807) is 0 Å². The molecule has 0 saturated heterocycles. The molecule has 1 heterocycles. The molecule has 5 heteroatoms. The maximum absolute atomic E-state index is 12.3. The molecule has 27 heavy (non-hydrogen) atoms. The van der Waals surface area contributed by atoms with E-state index in [1.165, 1.54) is 29.5 Å². The van der Waals surface area contributed by atoms with Crippen molar-refractivity contribution < 1.29 is 9.21 Å². The Hall–Kier alpha value is -2.95. The lowest BCUT2D eigenvalue weighted by Crippen LogP contribution is -2.15. The Labute approximate surface area is 158 Å². The van der Waals surface area contributed by atoms with Crippen molar-refractivity contribution in [3.63, 3.8) is 0 Å². The van der Waals surface area contributed by atoms with Gasteiger partial charge in [-0.3, -0.25) is 10.1 Å². The van der Waals surface area contributed by atoms with Gasteiger partial charge in [0, 0.05) is 5.56 Å². The Morgan fingerprint density at radius 3 is 2.67 bits per heavy atom. The van der Waals surface area contributed by atoms with E-state index < -0.39 is 0 Å². The van der Waals surface area contributed by atoms with Gasteiger partial charge in [0.2, 0.25) is 11.8 Å². The molecule has 1 aliphatic rings. The maximum Gasteiger partial charge on any atom is 0.322 e. The van der Waals surface area contributed by atoms with Crippen molar-refractivity contribution in [2.24, 2.45) is 0 Å². The van der Waals surface area contributed by atoms with E-state index in [2.05, 4.69) is 33.7 Å². The third-order valence-electron chi connectivity index (χ3n) is 5.12. The second-order valence-corrected chi connectivity index (χ2v) is 7.26. The number of amides is 1. The van der Waals surface area contributed by atoms with Gasteiger partial charge in [-0.15, -0.1) is 5.10 Å². The summed E-state index contributed by atoms with van der Waals surface area (Å²) in [6.07, 6.45) is 4.99. The highest BCUT2D eigenvalue weighted by Gasteiger charge is 2.15. The number of rotatable bonds is 4. The Kier molecular flexibility index (Phi) is 4.75. The number of fused-ring (bicyclic) bond motifs is 1. The van der Waals surface area contributed by atoms with E-state index in [4.69, 9.17) is 4.42 Å². The Bertz CT molecular complexity index is 991. The number of benzene rings is 2. The quantitative estimate of drug-likeness (QED) is 0.747. The van der Waals surface area contributed by atoms with Crippen molar-refractivity contribution >= 4 is 11.9 Å². The van der Waals surface area contributed by atoms with Crippen LogP contribution in [-0.4, -0.2) is 16.1 Å². The molecule has 0 fully saturated rings. The summed E-state index contributed by atoms with van der Waals surface area (Å²) in [7, 11) is 0. The molecule has 0 bridgehead atoms. The number of nitrogens with one attached hydrogen (secondary N) is 1. The van der Waals surface area contributed by atoms with Gasteiger partial charge >= 0.3 is 6.01 Å². The maximum atomic E-state index is 12.3. The number of carbonyl (C=O) groups excluding carboxylic acids is 1. The van der Waals surface area contributed by atoms with Gasteiger partial charge < -0.3 is 4.42 Å². The number of anilines is 1. The molecule has 3 aromatic rings. The lowest BCUT2D eigenvalue weighted by molar-refractivity contribution is -0.115. The van der Waals surface area contributed by atoms with E-state index in [-0.39, 0.29) is 18.3 Å². The zero-order valence-electron chi connectivity index (χ0n) is 15.7. The van der Waals surface area contributed by atoms with Crippen LogP contribution < -0.4 is 5.32 Å². The van der Waals surface area contributed by atoms with Crippen molar-refractivity contribution in [1.82, 2.24) is 10.2 Å². The van der Waals surface area contributed by atoms with Crippen LogP contribution in [0, 0.1) is 13.8 Å². The van der Waals surface area contributed by atoms with Gasteiger partial charge in [-0.2, -0.15) is 0 Å². The summed E-state index contributed by atoms with van der Waals surface area (Å²) in [6, 6.07) is 12.5. The fraction of sp³-hybridized carbons (Fsp3) is 0.318. The van der Waals surface area contributed by atoms with Gasteiger partial charge in [0.15, 0.2) is 0 Å². The number of aromatic nitrogens is 2. The Morgan fingerprint density at radius 2 is 1.85 bits per heavy atom. The topological polar surface area (TPSA) is 68.0 Å². The van der Waals surface area contributed by atoms with Gasteiger partial charge in [0.1, 0.15) is 0 Å². The molecule has 2 aromatic carbocycles. The molecule has 138 valence electrons. The van der Waals surface area contributed by atoms with Crippen LogP contribution in [0.4, 0.5) is 6.01 Å². The Balaban J connectivity index is 1.45. The van der Waals surface area contributed by atoms with Crippen LogP contribution in [0.5, 0.6) is 0 Å². The summed E-state index contributed by atoms with van der Waals surface area (Å²) in [4.78, 5) is 12.3. The first-order valence-electron chi connectivity index (χ1n) is 9.40. The Morgan fingerprint density at radius 1 is 1.04 bits per heavy atom. The van der Waals surface area contributed by atoms with Gasteiger partial charge in [-0.25, -0.2) is 0 Å². The van der Waals surface area contributed by atoms with Crippen molar-refractivity contribution in [2.45, 2.75) is 46.0 Å². The molecule has 5 nitrogen and oxygen atoms in total. The van der Waals surface area contributed by atoms with Crippen LogP contribution in [-0.2, 0) is 24.1 Å². The minimum atomic E-state index is -0.164. The molecule has 0 radical (unpaired) electrons. The predicted molar refractivity (Wildman–Crippen MR) is 105 cm³/mol. The predicted octanol–water partition coefficient (Wildman–Crippen LogP) is 4.41. The molecule has 0 saturated carbocycles. The summed E-state index contributed by atoms with van der Waals surface area (Å²) in [5.74, 6) is 0.271. The summed E-state index contributed by atoms with van der Waals surface area (Å²) in [5.41, 5.74) is 6.95. The minimum Gasteiger partial charge on any atom is -0.403 e. The van der Waals surface area contributed by atoms with Crippen LogP contribution >= 0.6 is 0 Å². The number of nitrogens with zero attached hydrogens (tertiary/aromatic N) is 2. The van der Waals surface area contributed by atoms with Crippen molar-refractivity contribution in [3.05, 3.63) is 64.2 Å². The molecule has 0 aliphatic heterocycles. The number of hydrogen-bond donors (Lipinski definition) is 1. The highest BCUT2D eigenvalue weighted by molar-refractivity contribution is 5.90. The summed E-state index contributed by atoms with van der Waals surface area (Å²) in [6.45, 7) is 4.05. The lowest BCUT2D eigenvalue weighted by atomic mass is 9.90. The summed E-state index contributed by atoms with van der Waals surface area (Å²) in [5, 5.41) is 10.8. The smallest absolute Gasteiger partial charge is 0.322 e. The van der Waals surface area contributed by atoms with E-state index >= 15 is 0 Å². The fourth-order valence-electron chi connectivity index (χ4n) is 3.64. The lowest BCUT2D eigenvalue weighted by Gasteiger charge is -2.15. The van der Waals surface area contributed by atoms with E-state index in [0.29, 0.717) is 5.89 Å². The van der Waals surface area contributed by atoms with Crippen LogP contribution in [0.2, 0.25) is 0 Å². The van der Waals surface area contributed by atoms with Crippen LogP contribution in [0.25, 0.3) is 11.5 Å². The van der Waals surface area contributed by atoms with Crippen LogP contribution in [0.1, 0.15) is 40.7 Å². The molecule has 0 spiro atoms. The second-order valence-electron chi connectivity index (χ2n) is 7.26. The third kappa shape index (κ3) is 3.92. The highest BCUT2D eigenvalue weighted by Crippen LogP contribution is 2.27. The normalized spacial score (nSPS) is 13.3. The SMILES string of the molecule is Cc1ccc(CC(=O)Nc2nnc(-c3ccc4c(c3)CCCC4)o2)c(C)c1. The molecule has 0 unspecified atom stereocenters. The molecule has 0 atom stereocenters. The first-order valence-corrected chi connectivity index (χ1v) is 9.40. The van der Waals surface area contributed by atoms with Crippen molar-refractivity contribution in [2.75, 3.05) is 5.32 Å². The van der Waals surface area contributed by atoms with Crippen LogP contribution in [0.15, 0.2) is 40.8 Å². The van der Waals surface area contributed by atoms with Gasteiger partial charge in [-0.05, 0) is 73.9 Å². The minimum absolute atomic E-state index is 0.137. The molecular formula is C22H23N3O2. The molecule has 1 amide bonds. The fourth-order valence-corrected chi connectivity index (χ4v) is 3.64. The molecular weight excluding hydrogens is 338 g/mol. The van der Waals surface area contributed by atoms with Crippen molar-refractivity contribution in [3.8, 4) is 11.5 Å². The summed E-state index contributed by atoms with van der Waals surface area (Å²) < 4.78 is 5.66. The average molecular weight is 361 g/mol. The molecule has 1 aromatic heterocycles. The van der Waals surface area contributed by atoms with E-state index in [0.717, 1.165) is 29.5 Å². The zero-order chi connectivity index (χ0) is 18.8. The van der Waals surface area contributed by atoms with Crippen molar-refractivity contribution in [1.29, 1.82) is 0 Å². The monoisotopic (exact) mass is 361 g/mol. The van der Waals surface area contributed by atoms with Gasteiger partial charge in [0.25, 0.3) is 0 Å². The van der Waals surface area contributed by atoms with E-state index in [1.807, 2.05) is 32.0 Å². The molecule has 1 aliphatic carbocycles. The third-order valence-corrected chi connectivity index (χ3v) is 5.12. The standard InChI is InChI=1S/C22H23N3O2/c1-14-7-8-17(15(2)11-14)13-20(26)23-22-25-24-21(27-22)19-10-9-16-5-3-4-6-18(16)12-19/h7-12H,3-6,13H2,1-2H3,(H,23,25,26). The van der Waals surface area contributed by atoms with Gasteiger partial charge in [0.05, 0.1) is 6.42 Å². The average Bonchev–Trinajstić information content (AvgIpc) is 3.12. The largest absolute Gasteiger partial charge is 0.403 e. The second kappa shape index (κ2) is 7.35. The first kappa shape index (κ1) is 17.5. The first-order chi connectivity index (χ1) is 13.1. The number of aryl methyl sites for hydroxylation is 4. The molecule has 1 N–H and O–H groups in total. The van der Waals surface area contributed by atoms with Crippen LogP contribution in [0.3, 0.4) is 0 Å². The number of carbonyl (C=O) groups is 1. The molecule has 4 rings (SSSR count). The summed E-state index contributed by atoms with van der Waals surface area (Å²) >= 11 is 0.